The molecule has 3 saturated carbocycles. The normalized spacial score (nSPS) is 19.1. The van der Waals surface area contributed by atoms with E-state index in [1.165, 1.54) is 57.3 Å². The standard InChI is InChI=1S/C23H23ClF2N4O4.C23H22F4N4O4.C23H23F3N4O4/c1-11-5-6-13(8-14(11)24)28-19(32)17-12(2)16(15-4-3-7-30(15)17)18(31)20(33)29-22(21(27)34)9-23(25,26)10-22;1-10-17(19(32)21(34)30-22(8-35-9-22)23(25,26)27)16-6-12-5-15(12)31(16)18(10)20(33)29-13-3-4-28-14(7-13)11(2)24;1-11-5-6-13(8-14(11)24)28-19(32)17-12(2)16(15-4-3-7-30(15)17)18(31)20(33)29-22(21(27)34)9-23(25,26)10-22/h5-6,8H,3-4,7,9-10H2,1-2H3,(H2,27,34)(H,28,32)(H,29,33);3-4,7,11-12,15H,5-6,8-9H2,1-2H3,(H,30,34)(H,28,29,33);5-6,8H,3-4,7,9-10H2,1-2H3,(H2,27,34)(H,28,32)(H,29,33)/t;11?,12-,15-;/m.1./s1. The number of hydrogen-bond acceptors (Lipinski definition) is 13. The van der Waals surface area contributed by atoms with Gasteiger partial charge in [-0.1, -0.05) is 23.7 Å². The number of nitrogens with two attached hydrogens (primary N) is 2. The minimum absolute atomic E-state index is 0.0130. The number of pyridine rings is 1. The number of carbonyl (C=O) groups excluding carboxylic acids is 11. The number of aromatic nitrogens is 4. The van der Waals surface area contributed by atoms with Crippen LogP contribution in [0.15, 0.2) is 54.7 Å². The highest BCUT2D eigenvalue weighted by Crippen LogP contribution is 2.55. The summed E-state index contributed by atoms with van der Waals surface area (Å²) >= 11 is 6.13. The number of carbonyl (C=O) groups is 11. The van der Waals surface area contributed by atoms with E-state index in [0.717, 1.165) is 12.0 Å². The number of halogens is 10. The molecular weight excluding hydrogens is 1400 g/mol. The molecule has 0 radical (unpaired) electrons. The lowest BCUT2D eigenvalue weighted by molar-refractivity contribution is -0.265. The summed E-state index contributed by atoms with van der Waals surface area (Å²) in [5.74, 6) is -17.6. The number of alkyl halides is 8. The van der Waals surface area contributed by atoms with E-state index in [1.807, 2.05) is 12.2 Å². The van der Waals surface area contributed by atoms with Crippen LogP contribution in [0.4, 0.5) is 56.6 Å². The van der Waals surface area contributed by atoms with Crippen molar-refractivity contribution in [3.05, 3.63) is 150 Å². The molecule has 10 N–H and O–H groups in total. The Labute approximate surface area is 584 Å². The monoisotopic (exact) mass is 1460 g/mol. The highest BCUT2D eigenvalue weighted by molar-refractivity contribution is 6.45. The molecular formula is C69H68ClF9N12O12. The third-order valence-electron chi connectivity index (χ3n) is 19.8. The first kappa shape index (κ1) is 74.0. The van der Waals surface area contributed by atoms with Crippen LogP contribution in [0.3, 0.4) is 0 Å². The first-order valence-electron chi connectivity index (χ1n) is 32.5. The number of ether oxygens (including phenoxy) is 1. The quantitative estimate of drug-likeness (QED) is 0.0227. The van der Waals surface area contributed by atoms with Crippen LogP contribution < -0.4 is 43.4 Å². The number of hydrogen-bond donors (Lipinski definition) is 8. The number of nitrogens with one attached hydrogen (secondary N) is 6. The van der Waals surface area contributed by atoms with Crippen LogP contribution in [0, 0.1) is 46.4 Å². The SMILES string of the molecule is Cc1c(C(=O)C(=O)NC2(C(F)(F)F)COC2)c2n(c1C(=O)Nc1ccnc(C(C)F)c1)[C@@H]1C[C@@H]1C2.Cc1ccc(NC(=O)c2c(C)c(C(=O)C(=O)NC3(C(N)=O)CC(F)(F)C3)c3n2CCC3)cc1Cl.Cc1ccc(NC(=O)c2c(C)c(C(=O)C(=O)NC3(C(N)=O)CC(F)(F)C3)c3n2CCC3)cc1F. The number of benzene rings is 2. The van der Waals surface area contributed by atoms with Crippen molar-refractivity contribution in [2.24, 2.45) is 17.4 Å². The van der Waals surface area contributed by atoms with Gasteiger partial charge in [-0.3, -0.25) is 57.7 Å². The first-order valence-corrected chi connectivity index (χ1v) is 32.9. The van der Waals surface area contributed by atoms with E-state index in [9.17, 15) is 92.3 Å². The molecule has 546 valence electrons. The second-order valence-corrected chi connectivity index (χ2v) is 27.6. The maximum atomic E-state index is 13.9. The van der Waals surface area contributed by atoms with Crippen molar-refractivity contribution in [1.29, 1.82) is 0 Å². The van der Waals surface area contributed by atoms with E-state index in [1.54, 1.807) is 45.7 Å². The molecule has 8 heterocycles. The Bertz CT molecular complexity index is 4460. The molecule has 13 rings (SSSR count). The van der Waals surface area contributed by atoms with Crippen LogP contribution in [0.25, 0.3) is 0 Å². The van der Waals surface area contributed by atoms with Crippen LogP contribution in [-0.4, -0.2) is 131 Å². The van der Waals surface area contributed by atoms with Crippen molar-refractivity contribution in [3.63, 3.8) is 0 Å². The van der Waals surface area contributed by atoms with Crippen molar-refractivity contribution in [3.8, 4) is 0 Å². The Hall–Kier alpha value is -10.2. The molecule has 2 aromatic carbocycles. The Morgan fingerprint density at radius 2 is 1.03 bits per heavy atom. The molecule has 4 fully saturated rings. The van der Waals surface area contributed by atoms with Gasteiger partial charge in [0.05, 0.1) is 35.6 Å². The van der Waals surface area contributed by atoms with E-state index < -0.39 is 150 Å². The van der Waals surface area contributed by atoms with Gasteiger partial charge in [0.2, 0.25) is 11.8 Å². The molecule has 4 aliphatic heterocycles. The summed E-state index contributed by atoms with van der Waals surface area (Å²) < 4.78 is 131. The molecule has 103 heavy (non-hydrogen) atoms. The van der Waals surface area contributed by atoms with Gasteiger partial charge in [-0.15, -0.1) is 0 Å². The number of amides is 8. The number of aryl methyl sites for hydroxylation is 2. The van der Waals surface area contributed by atoms with Crippen LogP contribution in [-0.2, 0) is 61.1 Å². The van der Waals surface area contributed by atoms with Crippen molar-refractivity contribution in [2.45, 2.75) is 166 Å². The van der Waals surface area contributed by atoms with Crippen molar-refractivity contribution in [2.75, 3.05) is 29.2 Å². The molecule has 3 aliphatic carbocycles. The third-order valence-corrected chi connectivity index (χ3v) is 20.2. The molecule has 1 unspecified atom stereocenters. The van der Waals surface area contributed by atoms with E-state index in [2.05, 4.69) is 36.3 Å². The van der Waals surface area contributed by atoms with Gasteiger partial charge in [-0.2, -0.15) is 13.2 Å². The largest absolute Gasteiger partial charge is 0.416 e. The molecule has 24 nitrogen and oxygen atoms in total. The fourth-order valence-corrected chi connectivity index (χ4v) is 14.5. The van der Waals surface area contributed by atoms with Crippen LogP contribution in [0.5, 0.6) is 0 Å². The van der Waals surface area contributed by atoms with Gasteiger partial charge in [-0.05, 0) is 150 Å². The number of Topliss-reactive ketones (excluding diaryl/α,β-unsaturated/α-hetero) is 3. The zero-order valence-corrected chi connectivity index (χ0v) is 56.7. The van der Waals surface area contributed by atoms with Crippen LogP contribution in [0.2, 0.25) is 5.02 Å². The second-order valence-electron chi connectivity index (χ2n) is 27.1. The molecule has 0 bridgehead atoms. The fourth-order valence-electron chi connectivity index (χ4n) is 14.3. The molecule has 8 amide bonds. The zero-order chi connectivity index (χ0) is 75.3. The van der Waals surface area contributed by atoms with E-state index >= 15 is 0 Å². The maximum Gasteiger partial charge on any atom is 0.416 e. The predicted octanol–water partition coefficient (Wildman–Crippen LogP) is 8.53. The summed E-state index contributed by atoms with van der Waals surface area (Å²) in [7, 11) is 0. The third kappa shape index (κ3) is 13.8. The Morgan fingerprint density at radius 3 is 1.45 bits per heavy atom. The maximum absolute atomic E-state index is 13.9. The van der Waals surface area contributed by atoms with Crippen LogP contribution >= 0.6 is 11.6 Å². The average molecular weight is 1460 g/mol. The number of nitrogens with zero attached hydrogens (tertiary/aromatic N) is 4. The summed E-state index contributed by atoms with van der Waals surface area (Å²) in [5.41, 5.74) is 8.91. The van der Waals surface area contributed by atoms with Crippen molar-refractivity contribution < 1.29 is 97.0 Å². The van der Waals surface area contributed by atoms with Gasteiger partial charge in [0.1, 0.15) is 40.1 Å². The van der Waals surface area contributed by atoms with E-state index in [4.69, 9.17) is 23.1 Å². The molecule has 3 atom stereocenters. The Balaban J connectivity index is 0.000000155. The summed E-state index contributed by atoms with van der Waals surface area (Å²) in [6.07, 6.45) is -5.28. The minimum Gasteiger partial charge on any atom is -0.376 e. The highest BCUT2D eigenvalue weighted by Gasteiger charge is 2.64. The molecule has 0 spiro atoms. The first-order chi connectivity index (χ1) is 48.1. The van der Waals surface area contributed by atoms with Gasteiger partial charge in [0.15, 0.2) is 5.54 Å². The lowest BCUT2D eigenvalue weighted by Gasteiger charge is -2.44. The highest BCUT2D eigenvalue weighted by atomic mass is 35.5. The molecule has 7 aliphatic rings. The Morgan fingerprint density at radius 1 is 0.602 bits per heavy atom. The Kier molecular flexibility index (Phi) is 19.3. The summed E-state index contributed by atoms with van der Waals surface area (Å²) in [5, 5.41) is 14.6. The molecule has 34 heteroatoms. The molecule has 6 aromatic rings. The van der Waals surface area contributed by atoms with Gasteiger partial charge >= 0.3 is 6.18 Å². The van der Waals surface area contributed by atoms with E-state index in [0.29, 0.717) is 84.2 Å². The van der Waals surface area contributed by atoms with Gasteiger partial charge in [0, 0.05) is 90.2 Å². The van der Waals surface area contributed by atoms with Crippen LogP contribution in [0.1, 0.15) is 177 Å². The molecule has 1 saturated heterocycles. The minimum atomic E-state index is -4.79. The topological polar surface area (TPSA) is 349 Å². The van der Waals surface area contributed by atoms with E-state index in [-0.39, 0.29) is 73.8 Å². The van der Waals surface area contributed by atoms with Crippen molar-refractivity contribution >= 4 is 93.3 Å². The predicted molar refractivity (Wildman–Crippen MR) is 349 cm³/mol. The summed E-state index contributed by atoms with van der Waals surface area (Å²) in [6, 6.07) is 12.1. The van der Waals surface area contributed by atoms with Gasteiger partial charge in [0.25, 0.3) is 64.6 Å². The average Bonchev–Trinajstić information content (AvgIpc) is 1.57. The number of fused-ring (bicyclic) bond motifs is 5. The zero-order valence-electron chi connectivity index (χ0n) is 55.9. The lowest BCUT2D eigenvalue weighted by Crippen LogP contribution is -2.71. The second kappa shape index (κ2) is 26.9. The summed E-state index contributed by atoms with van der Waals surface area (Å²) in [4.78, 5) is 144. The smallest absolute Gasteiger partial charge is 0.376 e. The van der Waals surface area contributed by atoms with Gasteiger partial charge < -0.3 is 61.8 Å². The fraction of sp³-hybridized carbons (Fsp3) is 0.420. The molecule has 4 aromatic heterocycles. The number of anilines is 3. The summed E-state index contributed by atoms with van der Waals surface area (Å²) in [6.45, 7) is 8.61. The lowest BCUT2D eigenvalue weighted by atomic mass is 9.72. The number of primary amides is 2. The number of ketones is 3. The number of rotatable bonds is 18. The van der Waals surface area contributed by atoms with Gasteiger partial charge in [-0.25, -0.2) is 26.3 Å². The van der Waals surface area contributed by atoms with Crippen molar-refractivity contribution in [1.82, 2.24) is 34.6 Å².